The van der Waals surface area contributed by atoms with Crippen LogP contribution in [0.4, 0.5) is 0 Å². The molecule has 1 heterocycles. The predicted molar refractivity (Wildman–Crippen MR) is 119 cm³/mol. The molecule has 0 saturated carbocycles. The zero-order valence-corrected chi connectivity index (χ0v) is 19.1. The van der Waals surface area contributed by atoms with Crippen LogP contribution in [0, 0.1) is 5.92 Å². The number of likely N-dealkylation sites (tertiary alicyclic amines) is 1. The molecule has 1 N–H and O–H groups in total. The summed E-state index contributed by atoms with van der Waals surface area (Å²) in [5.74, 6) is 0.970. The van der Waals surface area contributed by atoms with Gasteiger partial charge >= 0.3 is 0 Å². The summed E-state index contributed by atoms with van der Waals surface area (Å²) in [5.41, 5.74) is 2.08. The molecule has 2 aromatic carbocycles. The minimum absolute atomic E-state index is 0.0203. The van der Waals surface area contributed by atoms with Crippen molar-refractivity contribution in [2.24, 2.45) is 5.92 Å². The van der Waals surface area contributed by atoms with E-state index in [4.69, 9.17) is 9.47 Å². The normalized spacial score (nSPS) is 17.0. The van der Waals surface area contributed by atoms with Crippen LogP contribution < -0.4 is 14.8 Å². The van der Waals surface area contributed by atoms with E-state index in [-0.39, 0.29) is 30.2 Å². The molecule has 2 atom stereocenters. The van der Waals surface area contributed by atoms with Gasteiger partial charge in [0.05, 0.1) is 26.2 Å². The Balaban J connectivity index is 1.54. The number of nitrogens with one attached hydrogen (secondary N) is 1. The lowest BCUT2D eigenvalue weighted by molar-refractivity contribution is -0.129. The monoisotopic (exact) mass is 474 g/mol. The first-order valence-corrected chi connectivity index (χ1v) is 10.7. The summed E-state index contributed by atoms with van der Waals surface area (Å²) in [6, 6.07) is 13.5. The molecule has 0 aromatic heterocycles. The second kappa shape index (κ2) is 9.98. The third-order valence-electron chi connectivity index (χ3n) is 5.43. The van der Waals surface area contributed by atoms with Crippen LogP contribution in [0.1, 0.15) is 30.5 Å². The zero-order chi connectivity index (χ0) is 21.7. The Kier molecular flexibility index (Phi) is 7.37. The standard InChI is InChI=1S/C23H27BrN2O4/c1-15(17-5-7-19(24)8-6-17)25-23(28)18-13-22(27)26(14-18)11-10-16-4-9-20(29-2)21(12-16)30-3/h4-9,12,15,18H,10-11,13-14H2,1-3H3,(H,25,28). The summed E-state index contributed by atoms with van der Waals surface area (Å²) in [4.78, 5) is 26.9. The number of hydrogen-bond acceptors (Lipinski definition) is 4. The molecule has 1 aliphatic rings. The van der Waals surface area contributed by atoms with E-state index < -0.39 is 0 Å². The number of methoxy groups -OCH3 is 2. The summed E-state index contributed by atoms with van der Waals surface area (Å²) >= 11 is 3.42. The fourth-order valence-electron chi connectivity index (χ4n) is 3.63. The highest BCUT2D eigenvalue weighted by molar-refractivity contribution is 9.10. The van der Waals surface area contributed by atoms with E-state index in [1.807, 2.05) is 49.4 Å². The Morgan fingerprint density at radius 3 is 2.53 bits per heavy atom. The van der Waals surface area contributed by atoms with Gasteiger partial charge in [0.25, 0.3) is 0 Å². The Bertz CT molecular complexity index is 901. The molecule has 0 bridgehead atoms. The van der Waals surface area contributed by atoms with E-state index in [0.717, 1.165) is 15.6 Å². The minimum atomic E-state index is -0.319. The van der Waals surface area contributed by atoms with Crippen molar-refractivity contribution in [3.05, 3.63) is 58.1 Å². The smallest absolute Gasteiger partial charge is 0.225 e. The van der Waals surface area contributed by atoms with Gasteiger partial charge in [0.2, 0.25) is 11.8 Å². The molecule has 6 nitrogen and oxygen atoms in total. The molecular weight excluding hydrogens is 448 g/mol. The van der Waals surface area contributed by atoms with Gasteiger partial charge in [-0.15, -0.1) is 0 Å². The fourth-order valence-corrected chi connectivity index (χ4v) is 3.89. The molecule has 160 valence electrons. The Morgan fingerprint density at radius 2 is 1.87 bits per heavy atom. The van der Waals surface area contributed by atoms with Gasteiger partial charge in [0, 0.05) is 24.0 Å². The number of benzene rings is 2. The number of halogens is 1. The Morgan fingerprint density at radius 1 is 1.17 bits per heavy atom. The minimum Gasteiger partial charge on any atom is -0.493 e. The second-order valence-corrected chi connectivity index (χ2v) is 8.38. The molecule has 7 heteroatoms. The second-order valence-electron chi connectivity index (χ2n) is 7.46. The highest BCUT2D eigenvalue weighted by atomic mass is 79.9. The highest BCUT2D eigenvalue weighted by Crippen LogP contribution is 2.28. The van der Waals surface area contributed by atoms with Gasteiger partial charge in [0.1, 0.15) is 0 Å². The lowest BCUT2D eigenvalue weighted by Crippen LogP contribution is -2.35. The Labute approximate surface area is 185 Å². The van der Waals surface area contributed by atoms with Crippen LogP contribution in [-0.2, 0) is 16.0 Å². The molecular formula is C23H27BrN2O4. The number of hydrogen-bond donors (Lipinski definition) is 1. The largest absolute Gasteiger partial charge is 0.493 e. The molecule has 1 saturated heterocycles. The van der Waals surface area contributed by atoms with Gasteiger partial charge in [-0.2, -0.15) is 0 Å². The van der Waals surface area contributed by atoms with Gasteiger partial charge in [-0.3, -0.25) is 9.59 Å². The lowest BCUT2D eigenvalue weighted by atomic mass is 10.1. The maximum atomic E-state index is 12.7. The molecule has 30 heavy (non-hydrogen) atoms. The third kappa shape index (κ3) is 5.33. The van der Waals surface area contributed by atoms with Crippen LogP contribution in [-0.4, -0.2) is 44.0 Å². The van der Waals surface area contributed by atoms with E-state index in [1.165, 1.54) is 0 Å². The van der Waals surface area contributed by atoms with E-state index in [9.17, 15) is 9.59 Å². The maximum Gasteiger partial charge on any atom is 0.225 e. The Hall–Kier alpha value is -2.54. The topological polar surface area (TPSA) is 67.9 Å². The summed E-state index contributed by atoms with van der Waals surface area (Å²) in [6.07, 6.45) is 0.945. The van der Waals surface area contributed by atoms with E-state index in [0.29, 0.717) is 31.0 Å². The van der Waals surface area contributed by atoms with Gasteiger partial charge in [-0.1, -0.05) is 34.1 Å². The summed E-state index contributed by atoms with van der Waals surface area (Å²) in [7, 11) is 3.20. The van der Waals surface area contributed by atoms with Gasteiger partial charge in [-0.05, 0) is 48.7 Å². The van der Waals surface area contributed by atoms with Crippen molar-refractivity contribution in [1.29, 1.82) is 0 Å². The van der Waals surface area contributed by atoms with Crippen molar-refractivity contribution >= 4 is 27.7 Å². The maximum absolute atomic E-state index is 12.7. The van der Waals surface area contributed by atoms with Crippen LogP contribution in [0.15, 0.2) is 46.9 Å². The fraction of sp³-hybridized carbons (Fsp3) is 0.391. The molecule has 1 aliphatic heterocycles. The van der Waals surface area contributed by atoms with Gasteiger partial charge < -0.3 is 19.7 Å². The first kappa shape index (κ1) is 22.2. The zero-order valence-electron chi connectivity index (χ0n) is 17.5. The number of amides is 2. The van der Waals surface area contributed by atoms with Crippen LogP contribution in [0.5, 0.6) is 11.5 Å². The van der Waals surface area contributed by atoms with E-state index in [2.05, 4.69) is 21.2 Å². The number of rotatable bonds is 8. The van der Waals surface area contributed by atoms with Crippen LogP contribution in [0.25, 0.3) is 0 Å². The molecule has 0 aliphatic carbocycles. The average Bonchev–Trinajstić information content (AvgIpc) is 3.13. The van der Waals surface area contributed by atoms with Crippen molar-refractivity contribution < 1.29 is 19.1 Å². The highest BCUT2D eigenvalue weighted by Gasteiger charge is 2.34. The molecule has 1 fully saturated rings. The van der Waals surface area contributed by atoms with Gasteiger partial charge in [0.15, 0.2) is 11.5 Å². The van der Waals surface area contributed by atoms with E-state index >= 15 is 0 Å². The quantitative estimate of drug-likeness (QED) is 0.632. The number of carbonyl (C=O) groups excluding carboxylic acids is 2. The number of ether oxygens (including phenoxy) is 2. The SMILES string of the molecule is COc1ccc(CCN2CC(C(=O)NC(C)c3ccc(Br)cc3)CC2=O)cc1OC. The lowest BCUT2D eigenvalue weighted by Gasteiger charge is -2.19. The van der Waals surface area contributed by atoms with Crippen LogP contribution in [0.3, 0.4) is 0 Å². The summed E-state index contributed by atoms with van der Waals surface area (Å²) < 4.78 is 11.6. The summed E-state index contributed by atoms with van der Waals surface area (Å²) in [6.45, 7) is 2.97. The van der Waals surface area contributed by atoms with Crippen molar-refractivity contribution in [2.45, 2.75) is 25.8 Å². The third-order valence-corrected chi connectivity index (χ3v) is 5.96. The van der Waals surface area contributed by atoms with Crippen molar-refractivity contribution in [2.75, 3.05) is 27.3 Å². The first-order valence-electron chi connectivity index (χ1n) is 9.95. The van der Waals surface area contributed by atoms with Crippen LogP contribution >= 0.6 is 15.9 Å². The molecule has 0 spiro atoms. The van der Waals surface area contributed by atoms with Crippen molar-refractivity contribution in [3.63, 3.8) is 0 Å². The van der Waals surface area contributed by atoms with Crippen molar-refractivity contribution in [1.82, 2.24) is 10.2 Å². The molecule has 3 rings (SSSR count). The molecule has 2 amide bonds. The number of nitrogens with zero attached hydrogens (tertiary/aromatic N) is 1. The average molecular weight is 475 g/mol. The predicted octanol–water partition coefficient (Wildman–Crippen LogP) is 3.73. The van der Waals surface area contributed by atoms with E-state index in [1.54, 1.807) is 19.1 Å². The molecule has 2 unspecified atom stereocenters. The molecule has 0 radical (unpaired) electrons. The number of carbonyl (C=O) groups is 2. The van der Waals surface area contributed by atoms with Crippen LogP contribution in [0.2, 0.25) is 0 Å². The molecule has 2 aromatic rings. The van der Waals surface area contributed by atoms with Gasteiger partial charge in [-0.25, -0.2) is 0 Å². The summed E-state index contributed by atoms with van der Waals surface area (Å²) in [5, 5.41) is 3.04. The first-order chi connectivity index (χ1) is 14.4. The van der Waals surface area contributed by atoms with Crippen molar-refractivity contribution in [3.8, 4) is 11.5 Å².